The number of rotatable bonds is 10. The number of anilines is 1. The maximum absolute atomic E-state index is 14.1. The molecule has 0 saturated heterocycles. The lowest BCUT2D eigenvalue weighted by Crippen LogP contribution is -2.52. The second-order valence-corrected chi connectivity index (χ2v) is 13.7. The zero-order valence-electron chi connectivity index (χ0n) is 24.4. The van der Waals surface area contributed by atoms with Gasteiger partial charge in [-0.1, -0.05) is 65.9 Å². The van der Waals surface area contributed by atoms with E-state index in [4.69, 9.17) is 23.2 Å². The Balaban J connectivity index is 1.72. The van der Waals surface area contributed by atoms with Crippen molar-refractivity contribution in [2.75, 3.05) is 10.8 Å². The number of halogens is 2. The molecule has 1 saturated carbocycles. The standard InChI is InChI=1S/C32H37Cl2N3O4S/c1-21-9-15-29(16-10-21)42(40,41)37(28-14-11-22(2)23(3)17-28)20-31(38)36(19-25-12-13-26(33)18-30(25)34)24(4)32(39)35-27-7-5-6-8-27/h9-18,24,27H,5-8,19-20H2,1-4H3,(H,35,39)/t24-/m0/s1. The average molecular weight is 631 g/mol. The van der Waals surface area contributed by atoms with Crippen LogP contribution in [-0.4, -0.2) is 43.8 Å². The lowest BCUT2D eigenvalue weighted by atomic mass is 10.1. The van der Waals surface area contributed by atoms with Crippen LogP contribution in [-0.2, 0) is 26.2 Å². The highest BCUT2D eigenvalue weighted by molar-refractivity contribution is 7.92. The van der Waals surface area contributed by atoms with E-state index in [0.29, 0.717) is 21.3 Å². The van der Waals surface area contributed by atoms with Crippen molar-refractivity contribution >= 4 is 50.7 Å². The summed E-state index contributed by atoms with van der Waals surface area (Å²) in [4.78, 5) is 29.0. The molecule has 0 aromatic heterocycles. The molecule has 0 aliphatic heterocycles. The summed E-state index contributed by atoms with van der Waals surface area (Å²) in [5.74, 6) is -0.830. The minimum Gasteiger partial charge on any atom is -0.352 e. The van der Waals surface area contributed by atoms with E-state index in [-0.39, 0.29) is 23.4 Å². The van der Waals surface area contributed by atoms with E-state index in [1.54, 1.807) is 49.4 Å². The Morgan fingerprint density at radius 3 is 2.21 bits per heavy atom. The van der Waals surface area contributed by atoms with Crippen LogP contribution in [0.25, 0.3) is 0 Å². The number of carbonyl (C=O) groups excluding carboxylic acids is 2. The molecule has 1 atom stereocenters. The Morgan fingerprint density at radius 2 is 1.60 bits per heavy atom. The molecule has 3 aromatic carbocycles. The van der Waals surface area contributed by atoms with Gasteiger partial charge in [-0.25, -0.2) is 8.42 Å². The number of hydrogen-bond donors (Lipinski definition) is 1. The zero-order chi connectivity index (χ0) is 30.6. The molecule has 7 nitrogen and oxygen atoms in total. The van der Waals surface area contributed by atoms with Crippen molar-refractivity contribution in [3.05, 3.63) is 93.0 Å². The van der Waals surface area contributed by atoms with E-state index in [0.717, 1.165) is 46.7 Å². The summed E-state index contributed by atoms with van der Waals surface area (Å²) in [6.45, 7) is 6.84. The van der Waals surface area contributed by atoms with Gasteiger partial charge in [-0.05, 0) is 93.6 Å². The molecule has 4 rings (SSSR count). The fraction of sp³-hybridized carbons (Fsp3) is 0.375. The van der Waals surface area contributed by atoms with Crippen LogP contribution in [0.15, 0.2) is 65.6 Å². The normalized spacial score (nSPS) is 14.4. The van der Waals surface area contributed by atoms with Crippen LogP contribution in [0.3, 0.4) is 0 Å². The summed E-state index contributed by atoms with van der Waals surface area (Å²) < 4.78 is 29.2. The molecule has 224 valence electrons. The van der Waals surface area contributed by atoms with Gasteiger partial charge in [0.2, 0.25) is 11.8 Å². The maximum atomic E-state index is 14.1. The molecular formula is C32H37Cl2N3O4S. The van der Waals surface area contributed by atoms with Gasteiger partial charge >= 0.3 is 0 Å². The van der Waals surface area contributed by atoms with Gasteiger partial charge in [0, 0.05) is 22.6 Å². The molecule has 0 spiro atoms. The largest absolute Gasteiger partial charge is 0.352 e. The lowest BCUT2D eigenvalue weighted by Gasteiger charge is -2.33. The number of nitrogens with zero attached hydrogens (tertiary/aromatic N) is 2. The molecular weight excluding hydrogens is 593 g/mol. The molecule has 2 amide bonds. The summed E-state index contributed by atoms with van der Waals surface area (Å²) in [7, 11) is -4.14. The number of hydrogen-bond acceptors (Lipinski definition) is 4. The highest BCUT2D eigenvalue weighted by atomic mass is 35.5. The highest BCUT2D eigenvalue weighted by Crippen LogP contribution is 2.28. The minimum atomic E-state index is -4.14. The summed E-state index contributed by atoms with van der Waals surface area (Å²) >= 11 is 12.6. The Bertz CT molecular complexity index is 1550. The summed E-state index contributed by atoms with van der Waals surface area (Å²) in [5, 5.41) is 3.86. The topological polar surface area (TPSA) is 86.8 Å². The Hall–Kier alpha value is -3.07. The van der Waals surface area contributed by atoms with E-state index in [9.17, 15) is 18.0 Å². The molecule has 0 radical (unpaired) electrons. The zero-order valence-corrected chi connectivity index (χ0v) is 26.7. The fourth-order valence-electron chi connectivity index (χ4n) is 5.05. The first kappa shape index (κ1) is 31.9. The van der Waals surface area contributed by atoms with Gasteiger partial charge in [-0.2, -0.15) is 0 Å². The number of benzene rings is 3. The average Bonchev–Trinajstić information content (AvgIpc) is 3.45. The van der Waals surface area contributed by atoms with Gasteiger partial charge in [0.25, 0.3) is 10.0 Å². The Morgan fingerprint density at radius 1 is 0.929 bits per heavy atom. The number of nitrogens with one attached hydrogen (secondary N) is 1. The minimum absolute atomic E-state index is 0.000562. The van der Waals surface area contributed by atoms with Crippen LogP contribution >= 0.6 is 23.2 Å². The molecule has 1 aliphatic rings. The van der Waals surface area contributed by atoms with Crippen LogP contribution in [0, 0.1) is 20.8 Å². The van der Waals surface area contributed by atoms with Gasteiger partial charge in [0.1, 0.15) is 12.6 Å². The number of aryl methyl sites for hydroxylation is 3. The van der Waals surface area contributed by atoms with E-state index in [1.807, 2.05) is 26.8 Å². The molecule has 0 unspecified atom stereocenters. The number of amides is 2. The quantitative estimate of drug-likeness (QED) is 0.274. The first-order chi connectivity index (χ1) is 19.9. The third kappa shape index (κ3) is 7.46. The molecule has 1 fully saturated rings. The molecule has 0 bridgehead atoms. The monoisotopic (exact) mass is 629 g/mol. The van der Waals surface area contributed by atoms with Gasteiger partial charge in [0.05, 0.1) is 10.6 Å². The van der Waals surface area contributed by atoms with Crippen molar-refractivity contribution in [2.24, 2.45) is 0 Å². The fourth-order valence-corrected chi connectivity index (χ4v) is 6.93. The molecule has 1 N–H and O–H groups in total. The van der Waals surface area contributed by atoms with Crippen molar-refractivity contribution in [3.8, 4) is 0 Å². The lowest BCUT2D eigenvalue weighted by molar-refractivity contribution is -0.139. The molecule has 0 heterocycles. The second kappa shape index (κ2) is 13.5. The summed E-state index contributed by atoms with van der Waals surface area (Å²) in [6.07, 6.45) is 3.88. The Kier molecular flexibility index (Phi) is 10.2. The van der Waals surface area contributed by atoms with E-state index in [1.165, 1.54) is 17.0 Å². The summed E-state index contributed by atoms with van der Waals surface area (Å²) in [5.41, 5.74) is 3.75. The van der Waals surface area contributed by atoms with Crippen molar-refractivity contribution < 1.29 is 18.0 Å². The summed E-state index contributed by atoms with van der Waals surface area (Å²) in [6, 6.07) is 15.9. The third-order valence-electron chi connectivity index (χ3n) is 7.89. The van der Waals surface area contributed by atoms with Crippen molar-refractivity contribution in [2.45, 2.75) is 76.9 Å². The highest BCUT2D eigenvalue weighted by Gasteiger charge is 2.33. The van der Waals surface area contributed by atoms with Crippen LogP contribution in [0.1, 0.15) is 54.9 Å². The van der Waals surface area contributed by atoms with Crippen LogP contribution in [0.2, 0.25) is 10.0 Å². The van der Waals surface area contributed by atoms with Crippen molar-refractivity contribution in [1.29, 1.82) is 0 Å². The smallest absolute Gasteiger partial charge is 0.264 e. The molecule has 1 aliphatic carbocycles. The first-order valence-corrected chi connectivity index (χ1v) is 16.3. The van der Waals surface area contributed by atoms with Gasteiger partial charge in [-0.15, -0.1) is 0 Å². The predicted molar refractivity (Wildman–Crippen MR) is 168 cm³/mol. The number of carbonyl (C=O) groups is 2. The molecule has 42 heavy (non-hydrogen) atoms. The van der Waals surface area contributed by atoms with E-state index in [2.05, 4.69) is 5.32 Å². The van der Waals surface area contributed by atoms with Gasteiger partial charge in [-0.3, -0.25) is 13.9 Å². The second-order valence-electron chi connectivity index (χ2n) is 11.0. The first-order valence-electron chi connectivity index (χ1n) is 14.1. The SMILES string of the molecule is Cc1ccc(S(=O)(=O)N(CC(=O)N(Cc2ccc(Cl)cc2Cl)[C@@H](C)C(=O)NC2CCCC2)c2ccc(C)c(C)c2)cc1. The third-order valence-corrected chi connectivity index (χ3v) is 10.3. The van der Waals surface area contributed by atoms with Gasteiger partial charge < -0.3 is 10.2 Å². The van der Waals surface area contributed by atoms with Crippen LogP contribution in [0.5, 0.6) is 0 Å². The van der Waals surface area contributed by atoms with E-state index < -0.39 is 28.5 Å². The van der Waals surface area contributed by atoms with Crippen molar-refractivity contribution in [3.63, 3.8) is 0 Å². The molecule has 10 heteroatoms. The van der Waals surface area contributed by atoms with Crippen LogP contribution in [0.4, 0.5) is 5.69 Å². The predicted octanol–water partition coefficient (Wildman–Crippen LogP) is 6.59. The van der Waals surface area contributed by atoms with E-state index >= 15 is 0 Å². The maximum Gasteiger partial charge on any atom is 0.264 e. The van der Waals surface area contributed by atoms with Crippen LogP contribution < -0.4 is 9.62 Å². The van der Waals surface area contributed by atoms with Gasteiger partial charge in [0.15, 0.2) is 0 Å². The van der Waals surface area contributed by atoms with Crippen molar-refractivity contribution in [1.82, 2.24) is 10.2 Å². The Labute approximate surface area is 258 Å². The molecule has 3 aromatic rings. The number of sulfonamides is 1.